The number of hydrogen-bond donors (Lipinski definition) is 1. The molecule has 4 rings (SSSR count). The number of pyridine rings is 1. The van der Waals surface area contributed by atoms with E-state index in [1.807, 2.05) is 30.7 Å². The summed E-state index contributed by atoms with van der Waals surface area (Å²) in [5, 5.41) is 7.59. The van der Waals surface area contributed by atoms with Crippen LogP contribution in [-0.2, 0) is 6.54 Å². The fraction of sp³-hybridized carbons (Fsp3) is 0.333. The summed E-state index contributed by atoms with van der Waals surface area (Å²) in [6.45, 7) is 3.20. The second-order valence-corrected chi connectivity index (χ2v) is 6.84. The maximum Gasteiger partial charge on any atom is 0.119 e. The van der Waals surface area contributed by atoms with Crippen molar-refractivity contribution in [2.75, 3.05) is 20.2 Å². The van der Waals surface area contributed by atoms with Crippen LogP contribution in [0.1, 0.15) is 30.0 Å². The van der Waals surface area contributed by atoms with Crippen LogP contribution in [0.2, 0.25) is 0 Å². The monoisotopic (exact) mass is 348 g/mol. The van der Waals surface area contributed by atoms with Gasteiger partial charge in [-0.2, -0.15) is 5.10 Å². The van der Waals surface area contributed by atoms with Gasteiger partial charge >= 0.3 is 0 Å². The van der Waals surface area contributed by atoms with Crippen molar-refractivity contribution in [2.24, 2.45) is 0 Å². The summed E-state index contributed by atoms with van der Waals surface area (Å²) in [6, 6.07) is 12.4. The lowest BCUT2D eigenvalue weighted by Crippen LogP contribution is -2.32. The largest absolute Gasteiger partial charge is 0.497 e. The molecular formula is C21H24N4O. The molecule has 1 N–H and O–H groups in total. The number of aromatic amines is 1. The maximum atomic E-state index is 5.37. The van der Waals surface area contributed by atoms with Crippen molar-refractivity contribution in [3.05, 3.63) is 66.2 Å². The Kier molecular flexibility index (Phi) is 4.97. The van der Waals surface area contributed by atoms with E-state index in [1.165, 1.54) is 16.8 Å². The molecule has 1 aliphatic rings. The molecule has 1 aromatic carbocycles. The Balaban J connectivity index is 1.44. The van der Waals surface area contributed by atoms with Crippen molar-refractivity contribution in [3.8, 4) is 16.9 Å². The van der Waals surface area contributed by atoms with Crippen LogP contribution in [0.3, 0.4) is 0 Å². The molecule has 1 aliphatic heterocycles. The molecule has 5 heteroatoms. The van der Waals surface area contributed by atoms with E-state index < -0.39 is 0 Å². The van der Waals surface area contributed by atoms with Crippen molar-refractivity contribution in [1.29, 1.82) is 0 Å². The molecule has 0 aliphatic carbocycles. The van der Waals surface area contributed by atoms with E-state index in [4.69, 9.17) is 4.74 Å². The van der Waals surface area contributed by atoms with Gasteiger partial charge < -0.3 is 4.74 Å². The summed E-state index contributed by atoms with van der Waals surface area (Å²) in [6.07, 6.45) is 7.96. The molecule has 1 saturated heterocycles. The standard InChI is InChI=1S/C21H24N4O/c1-26-19-4-2-3-18(13-19)20-14-23-24-21(20)17-7-11-25(12-8-17)15-16-5-9-22-10-6-16/h2-6,9-10,13-14,17H,7-8,11-12,15H2,1H3,(H,23,24). The van der Waals surface area contributed by atoms with Crippen molar-refractivity contribution in [1.82, 2.24) is 20.1 Å². The molecule has 5 nitrogen and oxygen atoms in total. The third kappa shape index (κ3) is 3.63. The van der Waals surface area contributed by atoms with E-state index in [0.717, 1.165) is 43.8 Å². The number of piperidine rings is 1. The Morgan fingerprint density at radius 3 is 2.73 bits per heavy atom. The van der Waals surface area contributed by atoms with E-state index in [-0.39, 0.29) is 0 Å². The van der Waals surface area contributed by atoms with Gasteiger partial charge in [0.15, 0.2) is 0 Å². The van der Waals surface area contributed by atoms with E-state index >= 15 is 0 Å². The highest BCUT2D eigenvalue weighted by molar-refractivity contribution is 5.67. The Morgan fingerprint density at radius 2 is 1.96 bits per heavy atom. The topological polar surface area (TPSA) is 54.0 Å². The molecule has 0 spiro atoms. The molecule has 26 heavy (non-hydrogen) atoms. The number of H-pyrrole nitrogens is 1. The highest BCUT2D eigenvalue weighted by Crippen LogP contribution is 2.35. The highest BCUT2D eigenvalue weighted by atomic mass is 16.5. The number of nitrogens with zero attached hydrogens (tertiary/aromatic N) is 3. The minimum atomic E-state index is 0.521. The zero-order chi connectivity index (χ0) is 17.8. The minimum absolute atomic E-state index is 0.521. The molecule has 0 saturated carbocycles. The quantitative estimate of drug-likeness (QED) is 0.761. The zero-order valence-corrected chi connectivity index (χ0v) is 15.1. The molecule has 0 bridgehead atoms. The maximum absolute atomic E-state index is 5.37. The molecule has 3 heterocycles. The first-order valence-electron chi connectivity index (χ1n) is 9.12. The average molecular weight is 348 g/mol. The van der Waals surface area contributed by atoms with Gasteiger partial charge in [0.05, 0.1) is 13.3 Å². The van der Waals surface area contributed by atoms with Gasteiger partial charge in [-0.15, -0.1) is 0 Å². The normalized spacial score (nSPS) is 15.9. The van der Waals surface area contributed by atoms with Gasteiger partial charge in [-0.05, 0) is 61.3 Å². The van der Waals surface area contributed by atoms with Crippen LogP contribution in [0.5, 0.6) is 5.75 Å². The Hall–Kier alpha value is -2.66. The van der Waals surface area contributed by atoms with Crippen LogP contribution < -0.4 is 4.74 Å². The second kappa shape index (κ2) is 7.70. The first-order chi connectivity index (χ1) is 12.8. The lowest BCUT2D eigenvalue weighted by molar-refractivity contribution is 0.203. The number of rotatable bonds is 5. The first-order valence-corrected chi connectivity index (χ1v) is 9.12. The summed E-state index contributed by atoms with van der Waals surface area (Å²) in [7, 11) is 1.70. The smallest absolute Gasteiger partial charge is 0.119 e. The van der Waals surface area contributed by atoms with Gasteiger partial charge in [0.1, 0.15) is 5.75 Å². The lowest BCUT2D eigenvalue weighted by Gasteiger charge is -2.32. The highest BCUT2D eigenvalue weighted by Gasteiger charge is 2.24. The number of ether oxygens (including phenoxy) is 1. The Morgan fingerprint density at radius 1 is 1.15 bits per heavy atom. The van der Waals surface area contributed by atoms with Crippen molar-refractivity contribution < 1.29 is 4.74 Å². The number of aromatic nitrogens is 3. The average Bonchev–Trinajstić information content (AvgIpc) is 3.19. The van der Waals surface area contributed by atoms with Crippen LogP contribution in [0.25, 0.3) is 11.1 Å². The predicted octanol–water partition coefficient (Wildman–Crippen LogP) is 3.86. The van der Waals surface area contributed by atoms with Gasteiger partial charge in [0, 0.05) is 36.1 Å². The molecule has 134 valence electrons. The van der Waals surface area contributed by atoms with Gasteiger partial charge in [-0.3, -0.25) is 15.0 Å². The molecule has 1 fully saturated rings. The number of benzene rings is 1. The fourth-order valence-corrected chi connectivity index (χ4v) is 3.75. The molecular weight excluding hydrogens is 324 g/mol. The van der Waals surface area contributed by atoms with Gasteiger partial charge in [-0.25, -0.2) is 0 Å². The Labute approximate surface area is 154 Å². The summed E-state index contributed by atoms with van der Waals surface area (Å²) >= 11 is 0. The van der Waals surface area contributed by atoms with E-state index in [2.05, 4.69) is 44.3 Å². The molecule has 3 aromatic rings. The van der Waals surface area contributed by atoms with Crippen LogP contribution in [0, 0.1) is 0 Å². The van der Waals surface area contributed by atoms with E-state index in [1.54, 1.807) is 7.11 Å². The number of likely N-dealkylation sites (tertiary alicyclic amines) is 1. The third-order valence-corrected chi connectivity index (χ3v) is 5.20. The van der Waals surface area contributed by atoms with Crippen LogP contribution >= 0.6 is 0 Å². The zero-order valence-electron chi connectivity index (χ0n) is 15.1. The van der Waals surface area contributed by atoms with E-state index in [9.17, 15) is 0 Å². The number of hydrogen-bond acceptors (Lipinski definition) is 4. The summed E-state index contributed by atoms with van der Waals surface area (Å²) in [4.78, 5) is 6.62. The molecule has 2 aromatic heterocycles. The first kappa shape index (κ1) is 16.8. The minimum Gasteiger partial charge on any atom is -0.497 e. The van der Waals surface area contributed by atoms with Crippen LogP contribution in [-0.4, -0.2) is 40.3 Å². The fourth-order valence-electron chi connectivity index (χ4n) is 3.75. The van der Waals surface area contributed by atoms with Crippen LogP contribution in [0.4, 0.5) is 0 Å². The summed E-state index contributed by atoms with van der Waals surface area (Å²) in [5.41, 5.74) is 4.93. The van der Waals surface area contributed by atoms with Gasteiger partial charge in [0.25, 0.3) is 0 Å². The number of nitrogens with one attached hydrogen (secondary N) is 1. The van der Waals surface area contributed by atoms with Gasteiger partial charge in [0.2, 0.25) is 0 Å². The van der Waals surface area contributed by atoms with Gasteiger partial charge in [-0.1, -0.05) is 12.1 Å². The second-order valence-electron chi connectivity index (χ2n) is 6.84. The predicted molar refractivity (Wildman–Crippen MR) is 102 cm³/mol. The van der Waals surface area contributed by atoms with E-state index in [0.29, 0.717) is 5.92 Å². The molecule has 0 atom stereocenters. The van der Waals surface area contributed by atoms with Crippen molar-refractivity contribution in [2.45, 2.75) is 25.3 Å². The Bertz CT molecular complexity index is 838. The molecule has 0 radical (unpaired) electrons. The SMILES string of the molecule is COc1cccc(-c2cn[nH]c2C2CCN(Cc3ccncc3)CC2)c1. The van der Waals surface area contributed by atoms with Crippen LogP contribution in [0.15, 0.2) is 55.0 Å². The summed E-state index contributed by atoms with van der Waals surface area (Å²) < 4.78 is 5.37. The molecule has 0 amide bonds. The van der Waals surface area contributed by atoms with Crippen molar-refractivity contribution in [3.63, 3.8) is 0 Å². The lowest BCUT2D eigenvalue weighted by atomic mass is 9.89. The number of methoxy groups -OCH3 is 1. The summed E-state index contributed by atoms with van der Waals surface area (Å²) in [5.74, 6) is 1.40. The third-order valence-electron chi connectivity index (χ3n) is 5.20. The molecule has 0 unspecified atom stereocenters. The van der Waals surface area contributed by atoms with Crippen molar-refractivity contribution >= 4 is 0 Å².